The van der Waals surface area contributed by atoms with Crippen LogP contribution in [-0.2, 0) is 13.2 Å². The van der Waals surface area contributed by atoms with Gasteiger partial charge in [0.15, 0.2) is 0 Å². The van der Waals surface area contributed by atoms with E-state index in [4.69, 9.17) is 9.15 Å². The Balaban J connectivity index is 1.96. The van der Waals surface area contributed by atoms with E-state index in [0.717, 1.165) is 33.9 Å². The molecule has 1 N–H and O–H groups in total. The van der Waals surface area contributed by atoms with Crippen LogP contribution in [0.1, 0.15) is 37.9 Å². The first-order valence-corrected chi connectivity index (χ1v) is 7.84. The normalized spacial score (nSPS) is 11.7. The molecule has 0 fully saturated rings. The highest BCUT2D eigenvalue weighted by molar-refractivity contribution is 9.10. The molecule has 4 heteroatoms. The molecule has 0 atom stereocenters. The van der Waals surface area contributed by atoms with E-state index >= 15 is 0 Å². The topological polar surface area (TPSA) is 34.4 Å². The lowest BCUT2D eigenvalue weighted by atomic mass is 10.1. The first kappa shape index (κ1) is 16.1. The van der Waals surface area contributed by atoms with Crippen molar-refractivity contribution in [2.24, 2.45) is 0 Å². The smallest absolute Gasteiger partial charge is 0.120 e. The van der Waals surface area contributed by atoms with E-state index in [0.29, 0.717) is 6.61 Å². The first-order chi connectivity index (χ1) is 9.83. The third-order valence-electron chi connectivity index (χ3n) is 3.05. The molecule has 0 aliphatic carbocycles. The van der Waals surface area contributed by atoms with Crippen molar-refractivity contribution >= 4 is 15.9 Å². The summed E-state index contributed by atoms with van der Waals surface area (Å²) in [5.41, 5.74) is 1.16. The fourth-order valence-corrected chi connectivity index (χ4v) is 2.27. The van der Waals surface area contributed by atoms with E-state index in [1.807, 2.05) is 31.2 Å². The number of furan rings is 1. The van der Waals surface area contributed by atoms with Gasteiger partial charge in [0.2, 0.25) is 0 Å². The molecular formula is C17H22BrNO2. The minimum absolute atomic E-state index is 0.0771. The second-order valence-electron chi connectivity index (χ2n) is 6.14. The Hall–Kier alpha value is -1.26. The summed E-state index contributed by atoms with van der Waals surface area (Å²) in [7, 11) is 0. The Morgan fingerprint density at radius 1 is 1.24 bits per heavy atom. The monoisotopic (exact) mass is 351 g/mol. The van der Waals surface area contributed by atoms with Gasteiger partial charge in [-0.05, 0) is 52.0 Å². The van der Waals surface area contributed by atoms with Crippen LogP contribution in [0.15, 0.2) is 39.2 Å². The number of rotatable bonds is 5. The zero-order chi connectivity index (χ0) is 15.5. The summed E-state index contributed by atoms with van der Waals surface area (Å²) >= 11 is 3.44. The molecule has 114 valence electrons. The van der Waals surface area contributed by atoms with E-state index in [1.165, 1.54) is 0 Å². The van der Waals surface area contributed by atoms with Gasteiger partial charge in [-0.2, -0.15) is 0 Å². The number of aryl methyl sites for hydroxylation is 1. The zero-order valence-corrected chi connectivity index (χ0v) is 14.6. The third kappa shape index (κ3) is 5.21. The average molecular weight is 352 g/mol. The quantitative estimate of drug-likeness (QED) is 0.838. The second kappa shape index (κ2) is 6.67. The standard InChI is InChI=1S/C17H22BrNO2/c1-12-13(8-16(21-12)10-19-17(2,3)4)11-20-15-7-5-6-14(18)9-15/h5-9,19H,10-11H2,1-4H3. The van der Waals surface area contributed by atoms with Gasteiger partial charge in [0.1, 0.15) is 23.9 Å². The van der Waals surface area contributed by atoms with Crippen LogP contribution in [0, 0.1) is 6.92 Å². The van der Waals surface area contributed by atoms with Gasteiger partial charge in [-0.1, -0.05) is 22.0 Å². The van der Waals surface area contributed by atoms with Gasteiger partial charge in [-0.3, -0.25) is 0 Å². The van der Waals surface area contributed by atoms with Crippen molar-refractivity contribution in [2.75, 3.05) is 0 Å². The lowest BCUT2D eigenvalue weighted by Gasteiger charge is -2.19. The molecule has 0 aliphatic heterocycles. The molecule has 2 aromatic rings. The van der Waals surface area contributed by atoms with Crippen molar-refractivity contribution in [1.29, 1.82) is 0 Å². The van der Waals surface area contributed by atoms with Crippen LogP contribution >= 0.6 is 15.9 Å². The van der Waals surface area contributed by atoms with Gasteiger partial charge < -0.3 is 14.5 Å². The summed E-state index contributed by atoms with van der Waals surface area (Å²) in [5.74, 6) is 2.70. The Kier molecular flexibility index (Phi) is 5.12. The van der Waals surface area contributed by atoms with Crippen LogP contribution < -0.4 is 10.1 Å². The number of ether oxygens (including phenoxy) is 1. The van der Waals surface area contributed by atoms with E-state index in [-0.39, 0.29) is 5.54 Å². The van der Waals surface area contributed by atoms with Crippen LogP contribution in [-0.4, -0.2) is 5.54 Å². The summed E-state index contributed by atoms with van der Waals surface area (Å²) < 4.78 is 12.6. The summed E-state index contributed by atoms with van der Waals surface area (Å²) in [6.45, 7) is 9.63. The minimum Gasteiger partial charge on any atom is -0.489 e. The predicted octanol–water partition coefficient (Wildman–Crippen LogP) is 4.82. The van der Waals surface area contributed by atoms with Crippen LogP contribution in [0.3, 0.4) is 0 Å². The van der Waals surface area contributed by atoms with Crippen molar-refractivity contribution < 1.29 is 9.15 Å². The Morgan fingerprint density at radius 2 is 2.00 bits per heavy atom. The van der Waals surface area contributed by atoms with Crippen LogP contribution in [0.2, 0.25) is 0 Å². The number of hydrogen-bond donors (Lipinski definition) is 1. The fourth-order valence-electron chi connectivity index (χ4n) is 1.89. The van der Waals surface area contributed by atoms with Gasteiger partial charge in [0.05, 0.1) is 6.54 Å². The molecule has 3 nitrogen and oxygen atoms in total. The zero-order valence-electron chi connectivity index (χ0n) is 13.0. The molecule has 0 aliphatic rings. The highest BCUT2D eigenvalue weighted by atomic mass is 79.9. The third-order valence-corrected chi connectivity index (χ3v) is 3.55. The molecule has 0 spiro atoms. The van der Waals surface area contributed by atoms with Crippen molar-refractivity contribution in [2.45, 2.75) is 46.4 Å². The summed E-state index contributed by atoms with van der Waals surface area (Å²) in [5, 5.41) is 3.42. The van der Waals surface area contributed by atoms with Crippen LogP contribution in [0.5, 0.6) is 5.75 Å². The lowest BCUT2D eigenvalue weighted by molar-refractivity contribution is 0.302. The second-order valence-corrected chi connectivity index (χ2v) is 7.06. The first-order valence-electron chi connectivity index (χ1n) is 7.05. The maximum Gasteiger partial charge on any atom is 0.120 e. The molecule has 0 radical (unpaired) electrons. The molecule has 0 unspecified atom stereocenters. The van der Waals surface area contributed by atoms with Crippen molar-refractivity contribution in [3.05, 3.63) is 51.9 Å². The van der Waals surface area contributed by atoms with Gasteiger partial charge in [-0.25, -0.2) is 0 Å². The van der Waals surface area contributed by atoms with E-state index in [2.05, 4.69) is 48.1 Å². The molecule has 21 heavy (non-hydrogen) atoms. The Labute approximate surface area is 134 Å². The van der Waals surface area contributed by atoms with E-state index < -0.39 is 0 Å². The molecule has 0 saturated heterocycles. The number of hydrogen-bond acceptors (Lipinski definition) is 3. The van der Waals surface area contributed by atoms with E-state index in [9.17, 15) is 0 Å². The summed E-state index contributed by atoms with van der Waals surface area (Å²) in [4.78, 5) is 0. The molecular weight excluding hydrogens is 330 g/mol. The highest BCUT2D eigenvalue weighted by Gasteiger charge is 2.12. The Bertz CT molecular complexity index is 599. The lowest BCUT2D eigenvalue weighted by Crippen LogP contribution is -2.34. The molecule has 0 saturated carbocycles. The van der Waals surface area contributed by atoms with E-state index in [1.54, 1.807) is 0 Å². The summed E-state index contributed by atoms with van der Waals surface area (Å²) in [6, 6.07) is 9.90. The SMILES string of the molecule is Cc1oc(CNC(C)(C)C)cc1COc1cccc(Br)c1. The molecule has 1 heterocycles. The van der Waals surface area contributed by atoms with Crippen molar-refractivity contribution in [1.82, 2.24) is 5.32 Å². The highest BCUT2D eigenvalue weighted by Crippen LogP contribution is 2.21. The van der Waals surface area contributed by atoms with Gasteiger partial charge >= 0.3 is 0 Å². The Morgan fingerprint density at radius 3 is 2.67 bits per heavy atom. The molecule has 0 amide bonds. The van der Waals surface area contributed by atoms with Crippen molar-refractivity contribution in [3.8, 4) is 5.75 Å². The van der Waals surface area contributed by atoms with Crippen molar-refractivity contribution in [3.63, 3.8) is 0 Å². The molecule has 1 aromatic heterocycles. The maximum atomic E-state index is 5.80. The average Bonchev–Trinajstić information content (AvgIpc) is 2.74. The summed E-state index contributed by atoms with van der Waals surface area (Å²) in [6.07, 6.45) is 0. The molecule has 0 bridgehead atoms. The van der Waals surface area contributed by atoms with Gasteiger partial charge in [0, 0.05) is 15.6 Å². The van der Waals surface area contributed by atoms with Crippen LogP contribution in [0.4, 0.5) is 0 Å². The number of benzene rings is 1. The number of nitrogens with one attached hydrogen (secondary N) is 1. The van der Waals surface area contributed by atoms with Crippen LogP contribution in [0.25, 0.3) is 0 Å². The fraction of sp³-hybridized carbons (Fsp3) is 0.412. The van der Waals surface area contributed by atoms with Gasteiger partial charge in [-0.15, -0.1) is 0 Å². The number of halogens is 1. The largest absolute Gasteiger partial charge is 0.489 e. The maximum absolute atomic E-state index is 5.80. The minimum atomic E-state index is 0.0771. The van der Waals surface area contributed by atoms with Gasteiger partial charge in [0.25, 0.3) is 0 Å². The molecule has 1 aromatic carbocycles. The predicted molar refractivity (Wildman–Crippen MR) is 88.5 cm³/mol. The molecule has 2 rings (SSSR count).